The lowest BCUT2D eigenvalue weighted by atomic mass is 10.0. The van der Waals surface area contributed by atoms with Crippen molar-refractivity contribution in [2.24, 2.45) is 11.5 Å². The van der Waals surface area contributed by atoms with E-state index in [4.69, 9.17) is 16.6 Å². The number of hydrogen-bond donors (Lipinski definition) is 8. The van der Waals surface area contributed by atoms with Gasteiger partial charge in [-0.2, -0.15) is 11.8 Å². The van der Waals surface area contributed by atoms with Gasteiger partial charge in [-0.05, 0) is 42.9 Å². The number of para-hydroxylation sites is 1. The van der Waals surface area contributed by atoms with Crippen LogP contribution in [0.4, 0.5) is 0 Å². The summed E-state index contributed by atoms with van der Waals surface area (Å²) in [5.41, 5.74) is 13.0. The van der Waals surface area contributed by atoms with Crippen molar-refractivity contribution in [2.75, 3.05) is 18.6 Å². The zero-order valence-electron chi connectivity index (χ0n) is 20.9. The van der Waals surface area contributed by atoms with Gasteiger partial charge in [0.25, 0.3) is 0 Å². The van der Waals surface area contributed by atoms with Crippen LogP contribution in [-0.2, 0) is 30.4 Å². The average molecular weight is 551 g/mol. The molecule has 2 aromatic rings. The molecule has 1 aromatic heterocycles. The Morgan fingerprint density at radius 1 is 0.974 bits per heavy atom. The summed E-state index contributed by atoms with van der Waals surface area (Å²) < 4.78 is 0. The number of aromatic amines is 1. The van der Waals surface area contributed by atoms with E-state index in [1.807, 2.05) is 24.3 Å². The molecule has 0 saturated carbocycles. The Bertz CT molecular complexity index is 1140. The first kappa shape index (κ1) is 30.6. The van der Waals surface area contributed by atoms with E-state index in [0.717, 1.165) is 16.5 Å². The number of carboxylic acids is 1. The zero-order valence-corrected chi connectivity index (χ0v) is 21.8. The first-order valence-electron chi connectivity index (χ1n) is 11.9. The van der Waals surface area contributed by atoms with Crippen LogP contribution in [0, 0.1) is 0 Å². The molecule has 0 fully saturated rings. The number of nitrogens with two attached hydrogens (primary N) is 2. The van der Waals surface area contributed by atoms with Crippen molar-refractivity contribution in [1.29, 1.82) is 0 Å². The highest BCUT2D eigenvalue weighted by Gasteiger charge is 2.30. The van der Waals surface area contributed by atoms with Crippen LogP contribution < -0.4 is 27.4 Å². The quantitative estimate of drug-likeness (QED) is 0.122. The van der Waals surface area contributed by atoms with Crippen molar-refractivity contribution < 1.29 is 34.2 Å². The smallest absolute Gasteiger partial charge is 0.328 e. The Kier molecular flexibility index (Phi) is 12.0. The minimum atomic E-state index is -1.55. The number of aliphatic hydroxyl groups is 1. The molecule has 13 nitrogen and oxygen atoms in total. The fraction of sp³-hybridized carbons (Fsp3) is 0.458. The van der Waals surface area contributed by atoms with Crippen LogP contribution in [0.5, 0.6) is 0 Å². The van der Waals surface area contributed by atoms with Crippen LogP contribution in [0.1, 0.15) is 24.8 Å². The molecule has 0 aliphatic heterocycles. The third-order valence-corrected chi connectivity index (χ3v) is 6.45. The van der Waals surface area contributed by atoms with Crippen molar-refractivity contribution in [1.82, 2.24) is 20.9 Å². The second-order valence-electron chi connectivity index (χ2n) is 8.66. The molecule has 1 aromatic carbocycles. The Balaban J connectivity index is 2.13. The number of H-pyrrole nitrogens is 1. The first-order chi connectivity index (χ1) is 18.1. The highest BCUT2D eigenvalue weighted by molar-refractivity contribution is 7.98. The van der Waals surface area contributed by atoms with Gasteiger partial charge in [-0.15, -0.1) is 0 Å². The molecule has 10 N–H and O–H groups in total. The molecule has 4 unspecified atom stereocenters. The fourth-order valence-electron chi connectivity index (χ4n) is 3.70. The maximum Gasteiger partial charge on any atom is 0.328 e. The molecule has 0 bridgehead atoms. The van der Waals surface area contributed by atoms with E-state index in [0.29, 0.717) is 5.75 Å². The van der Waals surface area contributed by atoms with Gasteiger partial charge in [-0.25, -0.2) is 4.79 Å². The Morgan fingerprint density at radius 3 is 2.18 bits per heavy atom. The molecule has 4 amide bonds. The molecule has 14 heteroatoms. The summed E-state index contributed by atoms with van der Waals surface area (Å²) in [6.07, 6.45) is 3.50. The summed E-state index contributed by atoms with van der Waals surface area (Å²) in [5.74, 6) is -3.91. The highest BCUT2D eigenvalue weighted by Crippen LogP contribution is 2.19. The second-order valence-corrected chi connectivity index (χ2v) is 9.65. The van der Waals surface area contributed by atoms with Crippen LogP contribution in [0.25, 0.3) is 10.9 Å². The lowest BCUT2D eigenvalue weighted by molar-refractivity contribution is -0.143. The lowest BCUT2D eigenvalue weighted by Gasteiger charge is -2.24. The minimum Gasteiger partial charge on any atom is -0.480 e. The number of carbonyl (C=O) groups excluding carboxylic acids is 4. The number of thioether (sulfide) groups is 1. The Hall–Kier alpha value is -3.62. The molecule has 0 aliphatic rings. The number of aliphatic carboxylic acids is 1. The predicted octanol–water partition coefficient (Wildman–Crippen LogP) is -1.41. The van der Waals surface area contributed by atoms with Gasteiger partial charge in [0.05, 0.1) is 12.6 Å². The third kappa shape index (κ3) is 9.04. The number of primary amides is 1. The average Bonchev–Trinajstić information content (AvgIpc) is 3.29. The summed E-state index contributed by atoms with van der Waals surface area (Å²) in [4.78, 5) is 64.3. The fourth-order valence-corrected chi connectivity index (χ4v) is 4.17. The number of aliphatic hydroxyl groups excluding tert-OH is 1. The van der Waals surface area contributed by atoms with E-state index in [2.05, 4.69) is 20.9 Å². The van der Waals surface area contributed by atoms with E-state index >= 15 is 0 Å². The van der Waals surface area contributed by atoms with Gasteiger partial charge in [-0.1, -0.05) is 18.2 Å². The second kappa shape index (κ2) is 15.0. The SMILES string of the molecule is CSCCC(NC(=O)C(CCC(N)=O)NC(=O)C(N)Cc1c[nH]c2ccccc12)C(=O)NC(CO)C(=O)O. The summed E-state index contributed by atoms with van der Waals surface area (Å²) in [7, 11) is 0. The molecule has 4 atom stereocenters. The summed E-state index contributed by atoms with van der Waals surface area (Å²) >= 11 is 1.40. The normalized spacial score (nSPS) is 14.2. The number of hydrogen-bond acceptors (Lipinski definition) is 8. The predicted molar refractivity (Wildman–Crippen MR) is 142 cm³/mol. The van der Waals surface area contributed by atoms with Gasteiger partial charge in [0.15, 0.2) is 0 Å². The van der Waals surface area contributed by atoms with Crippen molar-refractivity contribution >= 4 is 52.3 Å². The topological polar surface area (TPSA) is 230 Å². The number of amides is 4. The van der Waals surface area contributed by atoms with Crippen LogP contribution in [0.3, 0.4) is 0 Å². The van der Waals surface area contributed by atoms with Crippen LogP contribution in [0.15, 0.2) is 30.5 Å². The van der Waals surface area contributed by atoms with E-state index < -0.39 is 60.4 Å². The van der Waals surface area contributed by atoms with Crippen molar-refractivity contribution in [3.05, 3.63) is 36.0 Å². The molecule has 0 saturated heterocycles. The van der Waals surface area contributed by atoms with Gasteiger partial charge in [0.2, 0.25) is 23.6 Å². The molecule has 208 valence electrons. The Labute approximate surface area is 223 Å². The molecule has 0 spiro atoms. The maximum absolute atomic E-state index is 13.1. The number of fused-ring (bicyclic) bond motifs is 1. The number of nitrogens with one attached hydrogen (secondary N) is 4. The standard InChI is InChI=1S/C24H34N6O7S/c1-38-9-8-18(23(35)30-19(12-31)24(36)37)29-22(34)17(6-7-20(26)32)28-21(33)15(25)10-13-11-27-16-5-3-2-4-14(13)16/h2-5,11,15,17-19,27,31H,6-10,12,25H2,1H3,(H2,26,32)(H,28,33)(H,29,34)(H,30,35)(H,36,37). The van der Waals surface area contributed by atoms with Crippen LogP contribution in [0.2, 0.25) is 0 Å². The van der Waals surface area contributed by atoms with Crippen LogP contribution in [-0.4, -0.2) is 87.6 Å². The molecule has 1 heterocycles. The molecule has 0 radical (unpaired) electrons. The lowest BCUT2D eigenvalue weighted by Crippen LogP contribution is -2.57. The maximum atomic E-state index is 13.1. The van der Waals surface area contributed by atoms with Crippen molar-refractivity contribution in [2.45, 2.75) is 49.9 Å². The summed E-state index contributed by atoms with van der Waals surface area (Å²) in [5, 5.41) is 26.4. The largest absolute Gasteiger partial charge is 0.480 e. The van der Waals surface area contributed by atoms with Gasteiger partial charge in [0, 0.05) is 23.5 Å². The molecular formula is C24H34N6O7S. The number of carboxylic acid groups (broad SMARTS) is 1. The number of aromatic nitrogens is 1. The molecule has 38 heavy (non-hydrogen) atoms. The number of carbonyl (C=O) groups is 5. The third-order valence-electron chi connectivity index (χ3n) is 5.80. The summed E-state index contributed by atoms with van der Waals surface area (Å²) in [6, 6.07) is 2.54. The monoisotopic (exact) mass is 550 g/mol. The number of rotatable bonds is 16. The highest BCUT2D eigenvalue weighted by atomic mass is 32.2. The number of benzene rings is 1. The summed E-state index contributed by atoms with van der Waals surface area (Å²) in [6.45, 7) is -0.837. The van der Waals surface area contributed by atoms with E-state index in [1.54, 1.807) is 12.5 Å². The van der Waals surface area contributed by atoms with E-state index in [9.17, 15) is 29.1 Å². The Morgan fingerprint density at radius 2 is 1.58 bits per heavy atom. The van der Waals surface area contributed by atoms with Gasteiger partial charge >= 0.3 is 5.97 Å². The van der Waals surface area contributed by atoms with Crippen molar-refractivity contribution in [3.8, 4) is 0 Å². The molecular weight excluding hydrogens is 516 g/mol. The van der Waals surface area contributed by atoms with Gasteiger partial charge in [-0.3, -0.25) is 19.2 Å². The molecule has 0 aliphatic carbocycles. The minimum absolute atomic E-state index is 0.141. The van der Waals surface area contributed by atoms with Gasteiger partial charge in [0.1, 0.15) is 18.1 Å². The molecule has 2 rings (SSSR count). The van der Waals surface area contributed by atoms with Crippen LogP contribution >= 0.6 is 11.8 Å². The van der Waals surface area contributed by atoms with Gasteiger partial charge < -0.3 is 42.6 Å². The zero-order chi connectivity index (χ0) is 28.2. The van der Waals surface area contributed by atoms with Crippen molar-refractivity contribution in [3.63, 3.8) is 0 Å². The first-order valence-corrected chi connectivity index (χ1v) is 13.3. The van der Waals surface area contributed by atoms with E-state index in [1.165, 1.54) is 11.8 Å². The van der Waals surface area contributed by atoms with E-state index in [-0.39, 0.29) is 25.7 Å².